The molecule has 2 fully saturated rings. The van der Waals surface area contributed by atoms with Gasteiger partial charge in [-0.15, -0.1) is 0 Å². The molecule has 0 aromatic heterocycles. The lowest BCUT2D eigenvalue weighted by Gasteiger charge is -2.30. The van der Waals surface area contributed by atoms with E-state index in [9.17, 15) is 0 Å². The van der Waals surface area contributed by atoms with Crippen molar-refractivity contribution in [2.75, 3.05) is 13.2 Å². The highest BCUT2D eigenvalue weighted by molar-refractivity contribution is 4.76. The van der Waals surface area contributed by atoms with Gasteiger partial charge in [0.1, 0.15) is 0 Å². The molecule has 0 radical (unpaired) electrons. The van der Waals surface area contributed by atoms with Gasteiger partial charge >= 0.3 is 0 Å². The second kappa shape index (κ2) is 6.75. The van der Waals surface area contributed by atoms with Gasteiger partial charge in [0.25, 0.3) is 0 Å². The summed E-state index contributed by atoms with van der Waals surface area (Å²) in [6.07, 6.45) is 10.1. The molecule has 1 N–H and O–H groups in total. The molecule has 1 saturated carbocycles. The van der Waals surface area contributed by atoms with Gasteiger partial charge in [-0.05, 0) is 44.6 Å². The highest BCUT2D eigenvalue weighted by Gasteiger charge is 2.20. The highest BCUT2D eigenvalue weighted by Crippen LogP contribution is 2.30. The van der Waals surface area contributed by atoms with E-state index in [1.807, 2.05) is 0 Å². The molecular formula is C15H29NO. The maximum Gasteiger partial charge on any atom is 0.0561 e. The van der Waals surface area contributed by atoms with E-state index in [0.717, 1.165) is 18.4 Å². The molecule has 1 aliphatic carbocycles. The average Bonchev–Trinajstić information content (AvgIpc) is 2.32. The van der Waals surface area contributed by atoms with Gasteiger partial charge < -0.3 is 10.1 Å². The van der Waals surface area contributed by atoms with Crippen molar-refractivity contribution in [3.63, 3.8) is 0 Å². The van der Waals surface area contributed by atoms with Gasteiger partial charge in [0.2, 0.25) is 0 Å². The largest absolute Gasteiger partial charge is 0.378 e. The molecule has 1 heterocycles. The zero-order valence-electron chi connectivity index (χ0n) is 11.6. The van der Waals surface area contributed by atoms with Crippen molar-refractivity contribution in [3.8, 4) is 0 Å². The zero-order chi connectivity index (χ0) is 12.1. The molecule has 1 aliphatic heterocycles. The van der Waals surface area contributed by atoms with Crippen molar-refractivity contribution in [2.45, 2.75) is 70.9 Å². The van der Waals surface area contributed by atoms with Crippen molar-refractivity contribution < 1.29 is 4.74 Å². The van der Waals surface area contributed by atoms with Crippen LogP contribution in [0, 0.1) is 11.8 Å². The first-order valence-corrected chi connectivity index (χ1v) is 7.59. The fourth-order valence-electron chi connectivity index (χ4n) is 3.29. The van der Waals surface area contributed by atoms with Crippen LogP contribution < -0.4 is 5.32 Å². The van der Waals surface area contributed by atoms with Gasteiger partial charge in [-0.1, -0.05) is 32.6 Å². The molecule has 100 valence electrons. The first kappa shape index (κ1) is 13.4. The van der Waals surface area contributed by atoms with E-state index >= 15 is 0 Å². The summed E-state index contributed by atoms with van der Waals surface area (Å²) in [5.41, 5.74) is 0. The van der Waals surface area contributed by atoms with E-state index < -0.39 is 0 Å². The fourth-order valence-corrected chi connectivity index (χ4v) is 3.29. The number of hydrogen-bond acceptors (Lipinski definition) is 2. The smallest absolute Gasteiger partial charge is 0.0561 e. The number of rotatable bonds is 4. The Labute approximate surface area is 107 Å². The monoisotopic (exact) mass is 239 g/mol. The van der Waals surface area contributed by atoms with Gasteiger partial charge in [0.05, 0.1) is 6.10 Å². The van der Waals surface area contributed by atoms with Gasteiger partial charge in [0.15, 0.2) is 0 Å². The minimum Gasteiger partial charge on any atom is -0.378 e. The molecule has 1 saturated heterocycles. The van der Waals surface area contributed by atoms with E-state index in [-0.39, 0.29) is 0 Å². The number of hydrogen-bond donors (Lipinski definition) is 1. The predicted molar refractivity (Wildman–Crippen MR) is 72.2 cm³/mol. The van der Waals surface area contributed by atoms with Crippen LogP contribution in [0.25, 0.3) is 0 Å². The summed E-state index contributed by atoms with van der Waals surface area (Å²) >= 11 is 0. The third kappa shape index (κ3) is 4.59. The van der Waals surface area contributed by atoms with E-state index in [4.69, 9.17) is 4.74 Å². The average molecular weight is 239 g/mol. The lowest BCUT2D eigenvalue weighted by Crippen LogP contribution is -2.38. The minimum atomic E-state index is 0.455. The molecule has 0 aromatic rings. The van der Waals surface area contributed by atoms with Crippen LogP contribution in [0.3, 0.4) is 0 Å². The summed E-state index contributed by atoms with van der Waals surface area (Å²) < 4.78 is 5.58. The van der Waals surface area contributed by atoms with Crippen LogP contribution in [-0.4, -0.2) is 25.3 Å². The van der Waals surface area contributed by atoms with Crippen LogP contribution in [0.2, 0.25) is 0 Å². The van der Waals surface area contributed by atoms with Crippen molar-refractivity contribution in [2.24, 2.45) is 11.8 Å². The van der Waals surface area contributed by atoms with Gasteiger partial charge in [-0.3, -0.25) is 0 Å². The number of nitrogens with one attached hydrogen (secondary N) is 1. The SMILES string of the molecule is CC1CCC(CCNC2CCOC(C)C2)CC1. The minimum absolute atomic E-state index is 0.455. The van der Waals surface area contributed by atoms with Crippen LogP contribution in [0.5, 0.6) is 0 Å². The maximum atomic E-state index is 5.58. The van der Waals surface area contributed by atoms with Crippen LogP contribution in [0.15, 0.2) is 0 Å². The zero-order valence-corrected chi connectivity index (χ0v) is 11.6. The summed E-state index contributed by atoms with van der Waals surface area (Å²) in [4.78, 5) is 0. The third-order valence-corrected chi connectivity index (χ3v) is 4.61. The molecule has 0 amide bonds. The normalized spacial score (nSPS) is 39.2. The summed E-state index contributed by atoms with van der Waals surface area (Å²) in [5.74, 6) is 1.98. The Hall–Kier alpha value is -0.0800. The van der Waals surface area contributed by atoms with Crippen molar-refractivity contribution >= 4 is 0 Å². The molecule has 2 aliphatic rings. The molecule has 2 atom stereocenters. The quantitative estimate of drug-likeness (QED) is 0.812. The van der Waals surface area contributed by atoms with Crippen molar-refractivity contribution in [3.05, 3.63) is 0 Å². The fraction of sp³-hybridized carbons (Fsp3) is 1.00. The van der Waals surface area contributed by atoms with Crippen LogP contribution in [0.4, 0.5) is 0 Å². The van der Waals surface area contributed by atoms with E-state index in [1.165, 1.54) is 51.5 Å². The summed E-state index contributed by atoms with van der Waals surface area (Å²) in [7, 11) is 0. The van der Waals surface area contributed by atoms with Gasteiger partial charge in [0, 0.05) is 12.6 Å². The van der Waals surface area contributed by atoms with E-state index in [1.54, 1.807) is 0 Å². The first-order chi connectivity index (χ1) is 8.24. The Morgan fingerprint density at radius 3 is 2.53 bits per heavy atom. The number of ether oxygens (including phenoxy) is 1. The first-order valence-electron chi connectivity index (χ1n) is 7.59. The maximum absolute atomic E-state index is 5.58. The Kier molecular flexibility index (Phi) is 5.30. The predicted octanol–water partition coefficient (Wildman–Crippen LogP) is 3.36. The molecule has 0 aromatic carbocycles. The standard InChI is InChI=1S/C15H29NO/c1-12-3-5-14(6-4-12)7-9-16-15-8-10-17-13(2)11-15/h12-16H,3-11H2,1-2H3. The van der Waals surface area contributed by atoms with Crippen molar-refractivity contribution in [1.29, 1.82) is 0 Å². The molecule has 0 bridgehead atoms. The molecular weight excluding hydrogens is 210 g/mol. The Bertz CT molecular complexity index is 211. The lowest BCUT2D eigenvalue weighted by molar-refractivity contribution is 0.0131. The summed E-state index contributed by atoms with van der Waals surface area (Å²) in [6.45, 7) is 6.75. The highest BCUT2D eigenvalue weighted by atomic mass is 16.5. The Balaban J connectivity index is 1.56. The molecule has 2 heteroatoms. The molecule has 17 heavy (non-hydrogen) atoms. The van der Waals surface area contributed by atoms with E-state index in [0.29, 0.717) is 12.1 Å². The summed E-state index contributed by atoms with van der Waals surface area (Å²) in [6, 6.07) is 0.710. The molecule has 2 unspecified atom stereocenters. The second-order valence-corrected chi connectivity index (χ2v) is 6.27. The van der Waals surface area contributed by atoms with Gasteiger partial charge in [-0.2, -0.15) is 0 Å². The van der Waals surface area contributed by atoms with Crippen LogP contribution >= 0.6 is 0 Å². The third-order valence-electron chi connectivity index (χ3n) is 4.61. The van der Waals surface area contributed by atoms with Crippen molar-refractivity contribution in [1.82, 2.24) is 5.32 Å². The molecule has 0 spiro atoms. The second-order valence-electron chi connectivity index (χ2n) is 6.27. The Morgan fingerprint density at radius 1 is 1.06 bits per heavy atom. The van der Waals surface area contributed by atoms with E-state index in [2.05, 4.69) is 19.2 Å². The van der Waals surface area contributed by atoms with Crippen LogP contribution in [0.1, 0.15) is 58.8 Å². The molecule has 2 rings (SSSR count). The topological polar surface area (TPSA) is 21.3 Å². The summed E-state index contributed by atoms with van der Waals surface area (Å²) in [5, 5.41) is 3.73. The lowest BCUT2D eigenvalue weighted by atomic mass is 9.81. The van der Waals surface area contributed by atoms with Gasteiger partial charge in [-0.25, -0.2) is 0 Å². The van der Waals surface area contributed by atoms with Crippen LogP contribution in [-0.2, 0) is 4.74 Å². The Morgan fingerprint density at radius 2 is 1.82 bits per heavy atom. The molecule has 2 nitrogen and oxygen atoms in total.